The molecule has 0 aromatic heterocycles. The Morgan fingerprint density at radius 3 is 2.39 bits per heavy atom. The topological polar surface area (TPSA) is 40.5 Å². The van der Waals surface area contributed by atoms with Gasteiger partial charge in [0.1, 0.15) is 6.10 Å². The van der Waals surface area contributed by atoms with Crippen molar-refractivity contribution in [3.8, 4) is 0 Å². The maximum Gasteiger partial charge on any atom is 0.101 e. The molecule has 3 saturated carbocycles. The van der Waals surface area contributed by atoms with Crippen molar-refractivity contribution in [1.29, 1.82) is 0 Å². The molecular formula is C29H50O2. The molecule has 4 rings (SSSR count). The molecule has 2 N–H and O–H groups in total. The summed E-state index contributed by atoms with van der Waals surface area (Å²) in [5, 5.41) is 21.0. The predicted molar refractivity (Wildman–Crippen MR) is 130 cm³/mol. The molecule has 0 spiro atoms. The molecule has 0 bridgehead atoms. The summed E-state index contributed by atoms with van der Waals surface area (Å²) in [6.45, 7) is 14.8. The summed E-state index contributed by atoms with van der Waals surface area (Å²) < 4.78 is 0. The van der Waals surface area contributed by atoms with E-state index in [0.717, 1.165) is 54.8 Å². The third kappa shape index (κ3) is 3.86. The molecule has 0 aliphatic heterocycles. The van der Waals surface area contributed by atoms with Gasteiger partial charge >= 0.3 is 0 Å². The van der Waals surface area contributed by atoms with Crippen molar-refractivity contribution in [2.24, 2.45) is 52.3 Å². The summed E-state index contributed by atoms with van der Waals surface area (Å²) in [6, 6.07) is 0. The minimum Gasteiger partial charge on any atom is -0.390 e. The van der Waals surface area contributed by atoms with Gasteiger partial charge in [0.15, 0.2) is 0 Å². The van der Waals surface area contributed by atoms with Crippen molar-refractivity contribution in [2.45, 2.75) is 118 Å². The lowest BCUT2D eigenvalue weighted by Crippen LogP contribution is -2.53. The number of aliphatic hydroxyl groups excluding tert-OH is 2. The van der Waals surface area contributed by atoms with Gasteiger partial charge in [-0.2, -0.15) is 0 Å². The number of hydrogen-bond donors (Lipinski definition) is 2. The zero-order chi connectivity index (χ0) is 22.6. The number of rotatable bonds is 6. The second-order valence-corrected chi connectivity index (χ2v) is 12.9. The van der Waals surface area contributed by atoms with Gasteiger partial charge in [-0.25, -0.2) is 0 Å². The first-order valence-corrected chi connectivity index (χ1v) is 13.7. The highest BCUT2D eigenvalue weighted by Gasteiger charge is 2.60. The fourth-order valence-electron chi connectivity index (χ4n) is 9.38. The first kappa shape index (κ1) is 23.8. The standard InChI is InChI=1S/C29H50O2/c1-7-20(18(2)3)9-8-19(4)22-12-13-23-21-10-11-25-27(31)26(30)15-17-29(25,6)24(21)14-16-28(22,23)5/h11,18-24,26-27,30-31H,7-10,12-17H2,1-6H3/t19-,20+,21+,22-,23-,24+,26+,27-,28-,29-/m1/s1. The van der Waals surface area contributed by atoms with Crippen LogP contribution in [0, 0.1) is 52.3 Å². The zero-order valence-electron chi connectivity index (χ0n) is 21.2. The van der Waals surface area contributed by atoms with Crippen LogP contribution in [0.2, 0.25) is 0 Å². The van der Waals surface area contributed by atoms with Crippen molar-refractivity contribution in [3.63, 3.8) is 0 Å². The van der Waals surface area contributed by atoms with Gasteiger partial charge in [-0.05, 0) is 109 Å². The van der Waals surface area contributed by atoms with Crippen LogP contribution in [0.3, 0.4) is 0 Å². The van der Waals surface area contributed by atoms with Crippen LogP contribution in [0.4, 0.5) is 0 Å². The quantitative estimate of drug-likeness (QED) is 0.446. The Morgan fingerprint density at radius 1 is 0.968 bits per heavy atom. The molecule has 4 aliphatic carbocycles. The molecule has 4 aliphatic rings. The largest absolute Gasteiger partial charge is 0.390 e. The molecule has 0 heterocycles. The van der Waals surface area contributed by atoms with Crippen molar-refractivity contribution in [2.75, 3.05) is 0 Å². The summed E-state index contributed by atoms with van der Waals surface area (Å²) in [5.41, 5.74) is 1.80. The number of allylic oxidation sites excluding steroid dienone is 1. The SMILES string of the molecule is CC[C@@H](CC[C@@H](C)[C@H]1CC[C@@H]2[C@@H]3CC=C4[C@@H](O)[C@@H](O)CC[C@]4(C)[C@H]3CC[C@@]21C)C(C)C. The molecule has 3 fully saturated rings. The summed E-state index contributed by atoms with van der Waals surface area (Å²) in [6.07, 6.45) is 13.8. The van der Waals surface area contributed by atoms with Gasteiger partial charge in [0, 0.05) is 0 Å². The Labute approximate surface area is 192 Å². The van der Waals surface area contributed by atoms with Crippen molar-refractivity contribution in [3.05, 3.63) is 11.6 Å². The molecule has 0 saturated heterocycles. The van der Waals surface area contributed by atoms with E-state index in [1.807, 2.05) is 0 Å². The first-order valence-electron chi connectivity index (χ1n) is 13.7. The fourth-order valence-corrected chi connectivity index (χ4v) is 9.38. The summed E-state index contributed by atoms with van der Waals surface area (Å²) in [5.74, 6) is 5.77. The Hall–Kier alpha value is -0.340. The zero-order valence-corrected chi connectivity index (χ0v) is 21.2. The second-order valence-electron chi connectivity index (χ2n) is 12.9. The normalized spacial score (nSPS) is 46.7. The van der Waals surface area contributed by atoms with Gasteiger partial charge in [0.25, 0.3) is 0 Å². The predicted octanol–water partition coefficient (Wildman–Crippen LogP) is 7.00. The average Bonchev–Trinajstić information content (AvgIpc) is 3.08. The molecule has 0 radical (unpaired) electrons. The van der Waals surface area contributed by atoms with E-state index < -0.39 is 12.2 Å². The number of fused-ring (bicyclic) bond motifs is 5. The van der Waals surface area contributed by atoms with E-state index in [0.29, 0.717) is 11.3 Å². The minimum atomic E-state index is -0.628. The molecule has 0 aromatic carbocycles. The van der Waals surface area contributed by atoms with Crippen LogP contribution in [0.25, 0.3) is 0 Å². The fraction of sp³-hybridized carbons (Fsp3) is 0.931. The van der Waals surface area contributed by atoms with E-state index in [-0.39, 0.29) is 5.41 Å². The molecule has 0 amide bonds. The smallest absolute Gasteiger partial charge is 0.101 e. The highest BCUT2D eigenvalue weighted by molar-refractivity contribution is 5.29. The van der Waals surface area contributed by atoms with E-state index in [1.165, 1.54) is 50.5 Å². The van der Waals surface area contributed by atoms with Gasteiger partial charge in [0.05, 0.1) is 6.10 Å². The van der Waals surface area contributed by atoms with Crippen LogP contribution in [0.15, 0.2) is 11.6 Å². The molecule has 2 nitrogen and oxygen atoms in total. The van der Waals surface area contributed by atoms with E-state index in [9.17, 15) is 10.2 Å². The van der Waals surface area contributed by atoms with Crippen molar-refractivity contribution in [1.82, 2.24) is 0 Å². The molecule has 178 valence electrons. The Morgan fingerprint density at radius 2 is 1.71 bits per heavy atom. The molecule has 10 atom stereocenters. The minimum absolute atomic E-state index is 0.109. The van der Waals surface area contributed by atoms with Crippen LogP contribution < -0.4 is 0 Å². The summed E-state index contributed by atoms with van der Waals surface area (Å²) in [4.78, 5) is 0. The van der Waals surface area contributed by atoms with Crippen LogP contribution in [-0.2, 0) is 0 Å². The van der Waals surface area contributed by atoms with Gasteiger partial charge < -0.3 is 10.2 Å². The Kier molecular flexibility index (Phi) is 6.75. The molecule has 2 heteroatoms. The van der Waals surface area contributed by atoms with E-state index in [2.05, 4.69) is 47.6 Å². The third-order valence-corrected chi connectivity index (χ3v) is 11.4. The van der Waals surface area contributed by atoms with Gasteiger partial charge in [-0.15, -0.1) is 0 Å². The third-order valence-electron chi connectivity index (χ3n) is 11.4. The van der Waals surface area contributed by atoms with Gasteiger partial charge in [0.2, 0.25) is 0 Å². The maximum absolute atomic E-state index is 10.7. The molecule has 31 heavy (non-hydrogen) atoms. The monoisotopic (exact) mass is 430 g/mol. The number of hydrogen-bond acceptors (Lipinski definition) is 2. The molecule has 0 unspecified atom stereocenters. The second kappa shape index (κ2) is 8.79. The first-order chi connectivity index (χ1) is 14.6. The van der Waals surface area contributed by atoms with Gasteiger partial charge in [-0.1, -0.05) is 60.5 Å². The van der Waals surface area contributed by atoms with Crippen LogP contribution in [-0.4, -0.2) is 22.4 Å². The maximum atomic E-state index is 10.7. The van der Waals surface area contributed by atoms with E-state index in [1.54, 1.807) is 0 Å². The molecular weight excluding hydrogens is 380 g/mol. The highest BCUT2D eigenvalue weighted by atomic mass is 16.3. The van der Waals surface area contributed by atoms with Crippen molar-refractivity contribution >= 4 is 0 Å². The van der Waals surface area contributed by atoms with Crippen LogP contribution >= 0.6 is 0 Å². The van der Waals surface area contributed by atoms with Gasteiger partial charge in [-0.3, -0.25) is 0 Å². The lowest BCUT2D eigenvalue weighted by atomic mass is 9.46. The Bertz CT molecular complexity index is 668. The Balaban J connectivity index is 1.49. The van der Waals surface area contributed by atoms with Crippen LogP contribution in [0.5, 0.6) is 0 Å². The molecule has 0 aromatic rings. The summed E-state index contributed by atoms with van der Waals surface area (Å²) in [7, 11) is 0. The lowest BCUT2D eigenvalue weighted by molar-refractivity contribution is -0.0802. The van der Waals surface area contributed by atoms with Crippen LogP contribution in [0.1, 0.15) is 106 Å². The van der Waals surface area contributed by atoms with E-state index in [4.69, 9.17) is 0 Å². The van der Waals surface area contributed by atoms with Crippen molar-refractivity contribution < 1.29 is 10.2 Å². The highest BCUT2D eigenvalue weighted by Crippen LogP contribution is 2.67. The summed E-state index contributed by atoms with van der Waals surface area (Å²) >= 11 is 0. The lowest BCUT2D eigenvalue weighted by Gasteiger charge is -2.59. The number of aliphatic hydroxyl groups is 2. The van der Waals surface area contributed by atoms with E-state index >= 15 is 0 Å². The average molecular weight is 431 g/mol.